The molecule has 100 valence electrons. The van der Waals surface area contributed by atoms with Crippen molar-refractivity contribution < 1.29 is 4.74 Å². The van der Waals surface area contributed by atoms with Gasteiger partial charge in [-0.15, -0.1) is 22.9 Å². The lowest BCUT2D eigenvalue weighted by molar-refractivity contribution is 0.265. The van der Waals surface area contributed by atoms with Crippen molar-refractivity contribution in [2.24, 2.45) is 0 Å². The fourth-order valence-corrected chi connectivity index (χ4v) is 5.13. The summed E-state index contributed by atoms with van der Waals surface area (Å²) in [5.41, 5.74) is 1.23. The molecule has 0 aliphatic carbocycles. The molecular formula is C15H14BrClOS. The minimum atomic E-state index is -0.00174. The largest absolute Gasteiger partial charge is 0.493 e. The van der Waals surface area contributed by atoms with Crippen LogP contribution in [-0.4, -0.2) is 6.61 Å². The van der Waals surface area contributed by atoms with E-state index in [9.17, 15) is 0 Å². The first-order valence-electron chi connectivity index (χ1n) is 6.28. The summed E-state index contributed by atoms with van der Waals surface area (Å²) in [7, 11) is 0. The van der Waals surface area contributed by atoms with Crippen molar-refractivity contribution in [3.8, 4) is 5.75 Å². The first kappa shape index (κ1) is 13.5. The normalized spacial score (nSPS) is 19.6. The summed E-state index contributed by atoms with van der Waals surface area (Å²) in [5.74, 6) is 1.30. The number of fused-ring (bicyclic) bond motifs is 1. The van der Waals surface area contributed by atoms with E-state index >= 15 is 0 Å². The molecule has 2 aromatic rings. The Labute approximate surface area is 130 Å². The molecule has 3 rings (SSSR count). The van der Waals surface area contributed by atoms with Gasteiger partial charge in [0.15, 0.2) is 0 Å². The second-order valence-electron chi connectivity index (χ2n) is 4.75. The summed E-state index contributed by atoms with van der Waals surface area (Å²) in [6.07, 6.45) is 0.967. The van der Waals surface area contributed by atoms with Crippen LogP contribution in [0, 0.1) is 6.92 Å². The van der Waals surface area contributed by atoms with Crippen LogP contribution in [0.1, 0.15) is 33.0 Å². The summed E-state index contributed by atoms with van der Waals surface area (Å²) >= 11 is 12.1. The van der Waals surface area contributed by atoms with Gasteiger partial charge >= 0.3 is 0 Å². The van der Waals surface area contributed by atoms with Crippen molar-refractivity contribution in [2.75, 3.05) is 6.61 Å². The molecule has 0 saturated carbocycles. The van der Waals surface area contributed by atoms with E-state index in [4.69, 9.17) is 16.3 Å². The number of hydrogen-bond donors (Lipinski definition) is 0. The number of benzene rings is 1. The van der Waals surface area contributed by atoms with Crippen molar-refractivity contribution in [3.05, 3.63) is 50.1 Å². The lowest BCUT2D eigenvalue weighted by atomic mass is 9.89. The number of ether oxygens (including phenoxy) is 1. The summed E-state index contributed by atoms with van der Waals surface area (Å²) in [4.78, 5) is 2.51. The van der Waals surface area contributed by atoms with Crippen LogP contribution in [0.25, 0.3) is 0 Å². The number of hydrogen-bond acceptors (Lipinski definition) is 2. The average Bonchev–Trinajstić information content (AvgIpc) is 2.76. The van der Waals surface area contributed by atoms with Crippen LogP contribution < -0.4 is 4.74 Å². The van der Waals surface area contributed by atoms with Gasteiger partial charge in [-0.2, -0.15) is 0 Å². The molecule has 1 nitrogen and oxygen atoms in total. The summed E-state index contributed by atoms with van der Waals surface area (Å²) < 4.78 is 6.83. The van der Waals surface area contributed by atoms with Crippen molar-refractivity contribution in [1.82, 2.24) is 0 Å². The number of alkyl halides is 1. The second kappa shape index (κ2) is 5.47. The van der Waals surface area contributed by atoms with Gasteiger partial charge in [0, 0.05) is 20.1 Å². The van der Waals surface area contributed by atoms with Crippen molar-refractivity contribution in [3.63, 3.8) is 0 Å². The molecule has 1 aromatic carbocycles. The maximum absolute atomic E-state index is 6.76. The van der Waals surface area contributed by atoms with Gasteiger partial charge in [0.25, 0.3) is 0 Å². The first-order chi connectivity index (χ1) is 9.16. The van der Waals surface area contributed by atoms with Gasteiger partial charge in [0.2, 0.25) is 0 Å². The third kappa shape index (κ3) is 2.56. The topological polar surface area (TPSA) is 9.23 Å². The summed E-state index contributed by atoms with van der Waals surface area (Å²) in [6.45, 7) is 2.85. The molecule has 1 aromatic heterocycles. The standard InChI is InChI=1S/C15H14BrClOS/c1-9-8-12(16)15(19-9)14(17)11-6-7-18-13-5-3-2-4-10(11)13/h2-5,8,11,14H,6-7H2,1H3. The number of halogens is 2. The van der Waals surface area contributed by atoms with Crippen LogP contribution in [0.15, 0.2) is 34.8 Å². The van der Waals surface area contributed by atoms with Gasteiger partial charge in [-0.05, 0) is 47.0 Å². The Morgan fingerprint density at radius 3 is 2.95 bits per heavy atom. The molecule has 0 N–H and O–H groups in total. The number of para-hydroxylation sites is 1. The SMILES string of the molecule is Cc1cc(Br)c(C(Cl)C2CCOc3ccccc32)s1. The van der Waals surface area contributed by atoms with E-state index in [2.05, 4.69) is 41.1 Å². The highest BCUT2D eigenvalue weighted by molar-refractivity contribution is 9.10. The van der Waals surface area contributed by atoms with Crippen LogP contribution in [0.2, 0.25) is 0 Å². The van der Waals surface area contributed by atoms with Crippen molar-refractivity contribution >= 4 is 38.9 Å². The van der Waals surface area contributed by atoms with Gasteiger partial charge in [0.05, 0.1) is 12.0 Å². The van der Waals surface area contributed by atoms with Crippen LogP contribution in [0.5, 0.6) is 5.75 Å². The Morgan fingerprint density at radius 2 is 2.21 bits per heavy atom. The lowest BCUT2D eigenvalue weighted by Crippen LogP contribution is -2.17. The Bertz CT molecular complexity index is 596. The molecule has 1 aliphatic rings. The molecule has 19 heavy (non-hydrogen) atoms. The summed E-state index contributed by atoms with van der Waals surface area (Å²) in [5, 5.41) is -0.00174. The lowest BCUT2D eigenvalue weighted by Gasteiger charge is -2.29. The molecule has 0 bridgehead atoms. The van der Waals surface area contributed by atoms with E-state index in [-0.39, 0.29) is 5.38 Å². The van der Waals surface area contributed by atoms with Crippen LogP contribution in [0.3, 0.4) is 0 Å². The fourth-order valence-electron chi connectivity index (χ4n) is 2.55. The molecule has 0 radical (unpaired) electrons. The van der Waals surface area contributed by atoms with E-state index < -0.39 is 0 Å². The zero-order valence-corrected chi connectivity index (χ0v) is 13.7. The quantitative estimate of drug-likeness (QED) is 0.630. The smallest absolute Gasteiger partial charge is 0.122 e. The molecule has 2 atom stereocenters. The van der Waals surface area contributed by atoms with Gasteiger partial charge in [0.1, 0.15) is 5.75 Å². The molecule has 1 aliphatic heterocycles. The molecule has 2 heterocycles. The monoisotopic (exact) mass is 356 g/mol. The van der Waals surface area contributed by atoms with Gasteiger partial charge in [-0.1, -0.05) is 18.2 Å². The minimum Gasteiger partial charge on any atom is -0.493 e. The maximum Gasteiger partial charge on any atom is 0.122 e. The van der Waals surface area contributed by atoms with Gasteiger partial charge < -0.3 is 4.74 Å². The van der Waals surface area contributed by atoms with Crippen LogP contribution >= 0.6 is 38.9 Å². The third-order valence-electron chi connectivity index (χ3n) is 3.44. The van der Waals surface area contributed by atoms with Crippen LogP contribution in [0.4, 0.5) is 0 Å². The summed E-state index contributed by atoms with van der Waals surface area (Å²) in [6, 6.07) is 10.4. The van der Waals surface area contributed by atoms with E-state index in [0.29, 0.717) is 5.92 Å². The fraction of sp³-hybridized carbons (Fsp3) is 0.333. The Balaban J connectivity index is 1.97. The molecule has 2 unspecified atom stereocenters. The highest BCUT2D eigenvalue weighted by Crippen LogP contribution is 2.48. The molecule has 0 saturated heterocycles. The van der Waals surface area contributed by atoms with Crippen molar-refractivity contribution in [1.29, 1.82) is 0 Å². The first-order valence-corrected chi connectivity index (χ1v) is 8.33. The molecule has 0 amide bonds. The highest BCUT2D eigenvalue weighted by Gasteiger charge is 2.30. The second-order valence-corrected chi connectivity index (χ2v) is 7.36. The van der Waals surface area contributed by atoms with Crippen LogP contribution in [-0.2, 0) is 0 Å². The number of rotatable bonds is 2. The molecule has 0 fully saturated rings. The van der Waals surface area contributed by atoms with Gasteiger partial charge in [-0.25, -0.2) is 0 Å². The Morgan fingerprint density at radius 1 is 1.42 bits per heavy atom. The predicted molar refractivity (Wildman–Crippen MR) is 84.6 cm³/mol. The average molecular weight is 358 g/mol. The zero-order valence-electron chi connectivity index (χ0n) is 10.5. The molecule has 0 spiro atoms. The molecular weight excluding hydrogens is 344 g/mol. The van der Waals surface area contributed by atoms with E-state index in [0.717, 1.165) is 23.2 Å². The van der Waals surface area contributed by atoms with Crippen molar-refractivity contribution in [2.45, 2.75) is 24.6 Å². The number of aryl methyl sites for hydroxylation is 1. The van der Waals surface area contributed by atoms with E-state index in [1.54, 1.807) is 11.3 Å². The zero-order chi connectivity index (χ0) is 13.4. The highest BCUT2D eigenvalue weighted by atomic mass is 79.9. The molecule has 4 heteroatoms. The van der Waals surface area contributed by atoms with Gasteiger partial charge in [-0.3, -0.25) is 0 Å². The Kier molecular flexibility index (Phi) is 3.88. The van der Waals surface area contributed by atoms with E-state index in [1.807, 2.05) is 12.1 Å². The predicted octanol–water partition coefficient (Wildman–Crippen LogP) is 5.67. The minimum absolute atomic E-state index is 0.00174. The maximum atomic E-state index is 6.76. The third-order valence-corrected chi connectivity index (χ3v) is 6.15. The van der Waals surface area contributed by atoms with E-state index in [1.165, 1.54) is 15.3 Å². The Hall–Kier alpha value is -0.510. The number of thiophene rings is 1.